The molecular weight excluding hydrogens is 268 g/mol. The van der Waals surface area contributed by atoms with E-state index in [2.05, 4.69) is 4.98 Å². The average molecular weight is 288 g/mol. The van der Waals surface area contributed by atoms with Gasteiger partial charge in [0, 0.05) is 33.8 Å². The normalized spacial score (nSPS) is 17.6. The van der Waals surface area contributed by atoms with E-state index < -0.39 is 10.8 Å². The number of nitrogens with two attached hydrogens (primary N) is 1. The number of hydrogen-bond donors (Lipinski definition) is 1. The van der Waals surface area contributed by atoms with Gasteiger partial charge in [0.1, 0.15) is 0 Å². The molecular formula is C16H20N2OS. The van der Waals surface area contributed by atoms with Crippen LogP contribution in [0.1, 0.15) is 31.2 Å². The van der Waals surface area contributed by atoms with Crippen molar-refractivity contribution in [3.05, 3.63) is 36.0 Å². The Morgan fingerprint density at radius 3 is 2.85 bits per heavy atom. The topological polar surface area (TPSA) is 56.0 Å². The molecule has 2 N–H and O–H groups in total. The molecule has 1 aliphatic rings. The van der Waals surface area contributed by atoms with Gasteiger partial charge in [-0.1, -0.05) is 18.9 Å². The number of hydrogen-bond acceptors (Lipinski definition) is 3. The van der Waals surface area contributed by atoms with E-state index in [1.165, 1.54) is 25.7 Å². The SMILES string of the molecule is Nc1ccc(CS(=O)CC2CCCC2)c2ncccc12. The maximum atomic E-state index is 12.3. The van der Waals surface area contributed by atoms with Crippen molar-refractivity contribution in [1.29, 1.82) is 0 Å². The molecule has 1 aromatic carbocycles. The lowest BCUT2D eigenvalue weighted by Gasteiger charge is -2.10. The molecule has 3 rings (SSSR count). The fourth-order valence-corrected chi connectivity index (χ4v) is 4.60. The molecule has 1 aliphatic carbocycles. The van der Waals surface area contributed by atoms with Crippen LogP contribution in [-0.4, -0.2) is 14.9 Å². The van der Waals surface area contributed by atoms with E-state index in [1.807, 2.05) is 24.3 Å². The molecule has 1 unspecified atom stereocenters. The second-order valence-electron chi connectivity index (χ2n) is 5.61. The molecule has 1 aromatic heterocycles. The van der Waals surface area contributed by atoms with Crippen LogP contribution in [0, 0.1) is 5.92 Å². The predicted molar refractivity (Wildman–Crippen MR) is 84.8 cm³/mol. The first kappa shape index (κ1) is 13.6. The zero-order valence-electron chi connectivity index (χ0n) is 11.5. The van der Waals surface area contributed by atoms with E-state index >= 15 is 0 Å². The second kappa shape index (κ2) is 5.92. The van der Waals surface area contributed by atoms with Gasteiger partial charge in [-0.2, -0.15) is 0 Å². The summed E-state index contributed by atoms with van der Waals surface area (Å²) in [5, 5.41) is 0.961. The molecule has 3 nitrogen and oxygen atoms in total. The highest BCUT2D eigenvalue weighted by atomic mass is 32.2. The van der Waals surface area contributed by atoms with Crippen LogP contribution < -0.4 is 5.73 Å². The zero-order valence-corrected chi connectivity index (χ0v) is 12.4. The largest absolute Gasteiger partial charge is 0.398 e. The van der Waals surface area contributed by atoms with Crippen LogP contribution in [0.25, 0.3) is 10.9 Å². The highest BCUT2D eigenvalue weighted by molar-refractivity contribution is 7.84. The molecule has 1 atom stereocenters. The van der Waals surface area contributed by atoms with E-state index in [-0.39, 0.29) is 0 Å². The fraction of sp³-hybridized carbons (Fsp3) is 0.438. The molecule has 0 saturated heterocycles. The van der Waals surface area contributed by atoms with Gasteiger partial charge in [-0.15, -0.1) is 0 Å². The number of benzene rings is 1. The third-order valence-electron chi connectivity index (χ3n) is 4.10. The van der Waals surface area contributed by atoms with Gasteiger partial charge < -0.3 is 5.73 Å². The lowest BCUT2D eigenvalue weighted by Crippen LogP contribution is -2.10. The van der Waals surface area contributed by atoms with Crippen molar-refractivity contribution in [2.45, 2.75) is 31.4 Å². The fourth-order valence-electron chi connectivity index (χ4n) is 3.04. The van der Waals surface area contributed by atoms with Crippen molar-refractivity contribution in [3.63, 3.8) is 0 Å². The molecule has 1 fully saturated rings. The lowest BCUT2D eigenvalue weighted by atomic mass is 10.1. The summed E-state index contributed by atoms with van der Waals surface area (Å²) in [4.78, 5) is 4.41. The Hall–Kier alpha value is -1.42. The van der Waals surface area contributed by atoms with Gasteiger partial charge in [-0.05, 0) is 42.5 Å². The Morgan fingerprint density at radius 1 is 1.25 bits per heavy atom. The van der Waals surface area contributed by atoms with Crippen LogP contribution >= 0.6 is 0 Å². The van der Waals surface area contributed by atoms with E-state index in [0.717, 1.165) is 27.9 Å². The highest BCUT2D eigenvalue weighted by Crippen LogP contribution is 2.27. The van der Waals surface area contributed by atoms with E-state index in [1.54, 1.807) is 6.20 Å². The highest BCUT2D eigenvalue weighted by Gasteiger charge is 2.18. The lowest BCUT2D eigenvalue weighted by molar-refractivity contribution is 0.604. The van der Waals surface area contributed by atoms with Crippen molar-refractivity contribution in [2.24, 2.45) is 5.92 Å². The molecule has 0 spiro atoms. The first-order valence-electron chi connectivity index (χ1n) is 7.21. The van der Waals surface area contributed by atoms with Crippen molar-refractivity contribution in [3.8, 4) is 0 Å². The average Bonchev–Trinajstić information content (AvgIpc) is 2.95. The number of fused-ring (bicyclic) bond motifs is 1. The van der Waals surface area contributed by atoms with Gasteiger partial charge >= 0.3 is 0 Å². The molecule has 0 radical (unpaired) electrons. The van der Waals surface area contributed by atoms with Gasteiger partial charge in [-0.25, -0.2) is 0 Å². The smallest absolute Gasteiger partial charge is 0.0763 e. The number of nitrogens with zero attached hydrogens (tertiary/aromatic N) is 1. The van der Waals surface area contributed by atoms with Crippen molar-refractivity contribution in [2.75, 3.05) is 11.5 Å². The predicted octanol–water partition coefficient (Wildman–Crippen LogP) is 3.26. The van der Waals surface area contributed by atoms with Crippen LogP contribution in [0.4, 0.5) is 5.69 Å². The number of pyridine rings is 1. The van der Waals surface area contributed by atoms with Gasteiger partial charge in [-0.3, -0.25) is 9.19 Å². The summed E-state index contributed by atoms with van der Waals surface area (Å²) in [6.07, 6.45) is 6.85. The van der Waals surface area contributed by atoms with Gasteiger partial charge in [0.05, 0.1) is 11.3 Å². The Bertz CT molecular complexity index is 635. The molecule has 0 amide bonds. The molecule has 1 heterocycles. The number of rotatable bonds is 4. The Morgan fingerprint density at radius 2 is 2.05 bits per heavy atom. The number of nitrogen functional groups attached to an aromatic ring is 1. The third-order valence-corrected chi connectivity index (χ3v) is 5.58. The maximum absolute atomic E-state index is 12.3. The number of anilines is 1. The van der Waals surface area contributed by atoms with E-state index in [0.29, 0.717) is 11.7 Å². The standard InChI is InChI=1S/C16H20N2OS/c17-15-8-7-13(16-14(15)6-3-9-18-16)11-20(19)10-12-4-1-2-5-12/h3,6-9,12H,1-2,4-5,10-11,17H2. The molecule has 0 aliphatic heterocycles. The summed E-state index contributed by atoms with van der Waals surface area (Å²) < 4.78 is 12.3. The van der Waals surface area contributed by atoms with Crippen molar-refractivity contribution in [1.82, 2.24) is 4.98 Å². The van der Waals surface area contributed by atoms with Crippen LogP contribution in [0.2, 0.25) is 0 Å². The van der Waals surface area contributed by atoms with Crippen molar-refractivity contribution < 1.29 is 4.21 Å². The summed E-state index contributed by atoms with van der Waals surface area (Å²) in [6.45, 7) is 0. The third kappa shape index (κ3) is 2.85. The summed E-state index contributed by atoms with van der Waals surface area (Å²) in [5.41, 5.74) is 8.65. The Kier molecular flexibility index (Phi) is 4.01. The van der Waals surface area contributed by atoms with Crippen molar-refractivity contribution >= 4 is 27.4 Å². The summed E-state index contributed by atoms with van der Waals surface area (Å²) in [6, 6.07) is 7.72. The summed E-state index contributed by atoms with van der Waals surface area (Å²) in [5.74, 6) is 2.08. The molecule has 4 heteroatoms. The zero-order chi connectivity index (χ0) is 13.9. The van der Waals surface area contributed by atoms with Gasteiger partial charge in [0.2, 0.25) is 0 Å². The molecule has 2 aromatic rings. The van der Waals surface area contributed by atoms with E-state index in [4.69, 9.17) is 5.73 Å². The summed E-state index contributed by atoms with van der Waals surface area (Å²) in [7, 11) is -0.804. The van der Waals surface area contributed by atoms with Gasteiger partial charge in [0.15, 0.2) is 0 Å². The molecule has 20 heavy (non-hydrogen) atoms. The Balaban J connectivity index is 1.80. The van der Waals surface area contributed by atoms with Crippen LogP contribution in [0.15, 0.2) is 30.5 Å². The quantitative estimate of drug-likeness (QED) is 0.879. The molecule has 0 bridgehead atoms. The minimum atomic E-state index is -0.804. The van der Waals surface area contributed by atoms with Gasteiger partial charge in [0.25, 0.3) is 0 Å². The first-order valence-corrected chi connectivity index (χ1v) is 8.70. The van der Waals surface area contributed by atoms with Crippen LogP contribution in [0.3, 0.4) is 0 Å². The minimum Gasteiger partial charge on any atom is -0.398 e. The Labute approximate surface area is 122 Å². The number of aromatic nitrogens is 1. The maximum Gasteiger partial charge on any atom is 0.0763 e. The van der Waals surface area contributed by atoms with E-state index in [9.17, 15) is 4.21 Å². The first-order chi connectivity index (χ1) is 9.74. The molecule has 1 saturated carbocycles. The molecule has 106 valence electrons. The summed E-state index contributed by atoms with van der Waals surface area (Å²) >= 11 is 0. The minimum absolute atomic E-state index is 0.588. The monoisotopic (exact) mass is 288 g/mol. The van der Waals surface area contributed by atoms with Crippen LogP contribution in [0.5, 0.6) is 0 Å². The van der Waals surface area contributed by atoms with Crippen LogP contribution in [-0.2, 0) is 16.6 Å². The second-order valence-corrected chi connectivity index (χ2v) is 7.12.